The zero-order valence-electron chi connectivity index (χ0n) is 46.6. The Morgan fingerprint density at radius 2 is 0.522 bits per heavy atom. The second-order valence-electron chi connectivity index (χ2n) is 21.0. The Morgan fingerprint density at radius 3 is 0.826 bits per heavy atom. The molecule has 0 aromatic heterocycles. The van der Waals surface area contributed by atoms with Gasteiger partial charge < -0.3 is 14.2 Å². The van der Waals surface area contributed by atoms with Crippen LogP contribution >= 0.6 is 0 Å². The molecular weight excluding hydrogens is 853 g/mol. The molecule has 0 N–H and O–H groups in total. The van der Waals surface area contributed by atoms with Crippen molar-refractivity contribution in [1.82, 2.24) is 0 Å². The molecule has 0 heterocycles. The first-order valence-corrected chi connectivity index (χ1v) is 30.8. The van der Waals surface area contributed by atoms with Crippen LogP contribution in [0.25, 0.3) is 0 Å². The summed E-state index contributed by atoms with van der Waals surface area (Å²) in [5, 5.41) is 0. The minimum Gasteiger partial charge on any atom is -0.462 e. The number of carbonyl (C=O) groups is 3. The van der Waals surface area contributed by atoms with Crippen molar-refractivity contribution in [2.24, 2.45) is 0 Å². The number of hydrogen-bond acceptors (Lipinski definition) is 6. The van der Waals surface area contributed by atoms with Gasteiger partial charge in [0, 0.05) is 19.3 Å². The van der Waals surface area contributed by atoms with E-state index >= 15 is 0 Å². The Kier molecular flexibility index (Phi) is 56.7. The molecule has 0 amide bonds. The molecule has 406 valence electrons. The SMILES string of the molecule is CCCCC/C=C\C/C=C\CCCCCCCCCC(=O)OC(COC(=O)CCCCCCCC)COC(=O)CCCCCCCCCCCCCCCCCCCCCCCCCCCCCC. The second-order valence-corrected chi connectivity index (χ2v) is 21.0. The van der Waals surface area contributed by atoms with E-state index in [2.05, 4.69) is 45.1 Å². The van der Waals surface area contributed by atoms with Gasteiger partial charge in [-0.15, -0.1) is 0 Å². The molecule has 6 heteroatoms. The van der Waals surface area contributed by atoms with E-state index in [4.69, 9.17) is 14.2 Å². The number of carbonyl (C=O) groups excluding carboxylic acids is 3. The number of rotatable bonds is 57. The average molecular weight is 972 g/mol. The Hall–Kier alpha value is -2.11. The van der Waals surface area contributed by atoms with E-state index < -0.39 is 6.10 Å². The Bertz CT molecular complexity index is 1110. The predicted molar refractivity (Wildman–Crippen MR) is 298 cm³/mol. The molecule has 0 saturated carbocycles. The van der Waals surface area contributed by atoms with Crippen LogP contribution in [-0.4, -0.2) is 37.2 Å². The molecule has 0 aromatic rings. The highest BCUT2D eigenvalue weighted by atomic mass is 16.6. The highest BCUT2D eigenvalue weighted by Gasteiger charge is 2.19. The lowest BCUT2D eigenvalue weighted by Gasteiger charge is -2.18. The number of allylic oxidation sites excluding steroid dienone is 4. The zero-order valence-corrected chi connectivity index (χ0v) is 46.6. The molecule has 6 nitrogen and oxygen atoms in total. The Morgan fingerprint density at radius 1 is 0.290 bits per heavy atom. The smallest absolute Gasteiger partial charge is 0.306 e. The molecule has 0 radical (unpaired) electrons. The van der Waals surface area contributed by atoms with E-state index in [-0.39, 0.29) is 31.1 Å². The molecule has 0 fully saturated rings. The number of unbranched alkanes of at least 4 members (excludes halogenated alkanes) is 42. The molecule has 0 rings (SSSR count). The molecule has 0 spiro atoms. The molecule has 0 saturated heterocycles. The van der Waals surface area contributed by atoms with E-state index in [1.54, 1.807) is 0 Å². The molecule has 0 aromatic carbocycles. The van der Waals surface area contributed by atoms with E-state index in [9.17, 15) is 14.4 Å². The topological polar surface area (TPSA) is 78.9 Å². The molecule has 0 bridgehead atoms. The summed E-state index contributed by atoms with van der Waals surface area (Å²) < 4.78 is 16.8. The van der Waals surface area contributed by atoms with Crippen molar-refractivity contribution in [2.75, 3.05) is 13.2 Å². The first kappa shape index (κ1) is 66.9. The van der Waals surface area contributed by atoms with Gasteiger partial charge in [0.05, 0.1) is 0 Å². The maximum atomic E-state index is 12.8. The van der Waals surface area contributed by atoms with Crippen LogP contribution in [0.2, 0.25) is 0 Å². The van der Waals surface area contributed by atoms with Crippen LogP contribution in [0.4, 0.5) is 0 Å². The first-order chi connectivity index (χ1) is 34.0. The summed E-state index contributed by atoms with van der Waals surface area (Å²) in [7, 11) is 0. The van der Waals surface area contributed by atoms with E-state index in [0.29, 0.717) is 19.3 Å². The van der Waals surface area contributed by atoms with Crippen LogP contribution in [0, 0.1) is 0 Å². The monoisotopic (exact) mass is 971 g/mol. The third kappa shape index (κ3) is 56.7. The van der Waals surface area contributed by atoms with Crippen LogP contribution in [0.1, 0.15) is 342 Å². The fourth-order valence-corrected chi connectivity index (χ4v) is 9.30. The summed E-state index contributed by atoms with van der Waals surface area (Å²) >= 11 is 0. The lowest BCUT2D eigenvalue weighted by Crippen LogP contribution is -2.30. The second kappa shape index (κ2) is 58.5. The standard InChI is InChI=1S/C63H118O6/c1-4-7-10-13-16-18-20-22-24-26-27-28-29-30-31-32-33-34-35-36-38-39-41-43-45-47-50-53-56-62(65)68-59-60(58-67-61(64)55-52-49-15-12-9-6-3)69-63(66)57-54-51-48-46-44-42-40-37-25-23-21-19-17-14-11-8-5-2/h17,19,23,25,60H,4-16,18,20-22,24,26-59H2,1-3H3/b19-17-,25-23-. The van der Waals surface area contributed by atoms with Gasteiger partial charge in [0.2, 0.25) is 0 Å². The third-order valence-corrected chi connectivity index (χ3v) is 14.0. The van der Waals surface area contributed by atoms with Crippen LogP contribution in [0.5, 0.6) is 0 Å². The molecular formula is C63H118O6. The maximum absolute atomic E-state index is 12.8. The van der Waals surface area contributed by atoms with Gasteiger partial charge in [-0.25, -0.2) is 0 Å². The van der Waals surface area contributed by atoms with E-state index in [0.717, 1.165) is 70.6 Å². The van der Waals surface area contributed by atoms with Crippen molar-refractivity contribution >= 4 is 17.9 Å². The van der Waals surface area contributed by atoms with Gasteiger partial charge in [0.15, 0.2) is 6.10 Å². The van der Waals surface area contributed by atoms with Gasteiger partial charge in [0.25, 0.3) is 0 Å². The van der Waals surface area contributed by atoms with Gasteiger partial charge in [-0.2, -0.15) is 0 Å². The third-order valence-electron chi connectivity index (χ3n) is 14.0. The maximum Gasteiger partial charge on any atom is 0.306 e. The largest absolute Gasteiger partial charge is 0.462 e. The molecule has 0 aliphatic heterocycles. The van der Waals surface area contributed by atoms with Gasteiger partial charge in [0.1, 0.15) is 13.2 Å². The van der Waals surface area contributed by atoms with Gasteiger partial charge in [-0.05, 0) is 51.4 Å². The quantitative estimate of drug-likeness (QED) is 0.0261. The van der Waals surface area contributed by atoms with Crippen LogP contribution in [-0.2, 0) is 28.6 Å². The highest BCUT2D eigenvalue weighted by Crippen LogP contribution is 2.18. The molecule has 0 aliphatic carbocycles. The number of hydrogen-bond donors (Lipinski definition) is 0. The van der Waals surface area contributed by atoms with E-state index in [1.807, 2.05) is 0 Å². The summed E-state index contributed by atoms with van der Waals surface area (Å²) in [5.41, 5.74) is 0. The fourth-order valence-electron chi connectivity index (χ4n) is 9.30. The van der Waals surface area contributed by atoms with Crippen LogP contribution in [0.3, 0.4) is 0 Å². The highest BCUT2D eigenvalue weighted by molar-refractivity contribution is 5.71. The average Bonchev–Trinajstić information content (AvgIpc) is 3.35. The lowest BCUT2D eigenvalue weighted by molar-refractivity contribution is -0.167. The van der Waals surface area contributed by atoms with Crippen molar-refractivity contribution < 1.29 is 28.6 Å². The molecule has 1 atom stereocenters. The van der Waals surface area contributed by atoms with Crippen molar-refractivity contribution in [3.8, 4) is 0 Å². The van der Waals surface area contributed by atoms with Crippen molar-refractivity contribution in [3.63, 3.8) is 0 Å². The van der Waals surface area contributed by atoms with E-state index in [1.165, 1.54) is 231 Å². The number of esters is 3. The van der Waals surface area contributed by atoms with Crippen molar-refractivity contribution in [2.45, 2.75) is 348 Å². The summed E-state index contributed by atoms with van der Waals surface area (Å²) in [6.07, 6.45) is 69.4. The molecule has 0 aliphatic rings. The fraction of sp³-hybridized carbons (Fsp3) is 0.889. The van der Waals surface area contributed by atoms with Gasteiger partial charge in [-0.3, -0.25) is 14.4 Å². The van der Waals surface area contributed by atoms with Gasteiger partial charge in [-0.1, -0.05) is 295 Å². The minimum atomic E-state index is -0.769. The van der Waals surface area contributed by atoms with Crippen LogP contribution in [0.15, 0.2) is 24.3 Å². The first-order valence-electron chi connectivity index (χ1n) is 30.8. The summed E-state index contributed by atoms with van der Waals surface area (Å²) in [6, 6.07) is 0. The van der Waals surface area contributed by atoms with Crippen LogP contribution < -0.4 is 0 Å². The lowest BCUT2D eigenvalue weighted by atomic mass is 10.0. The summed E-state index contributed by atoms with van der Waals surface area (Å²) in [6.45, 7) is 6.60. The summed E-state index contributed by atoms with van der Waals surface area (Å²) in [4.78, 5) is 37.9. The zero-order chi connectivity index (χ0) is 50.0. The Balaban J connectivity index is 4.00. The minimum absolute atomic E-state index is 0.0701. The molecule has 69 heavy (non-hydrogen) atoms. The number of ether oxygens (including phenoxy) is 3. The van der Waals surface area contributed by atoms with Crippen molar-refractivity contribution in [3.05, 3.63) is 24.3 Å². The van der Waals surface area contributed by atoms with Gasteiger partial charge >= 0.3 is 17.9 Å². The predicted octanol–water partition coefficient (Wildman–Crippen LogP) is 20.7. The summed E-state index contributed by atoms with van der Waals surface area (Å²) in [5.74, 6) is -0.868. The molecule has 1 unspecified atom stereocenters. The normalized spacial score (nSPS) is 12.1. The van der Waals surface area contributed by atoms with Crippen molar-refractivity contribution in [1.29, 1.82) is 0 Å². The Labute approximate surface area is 430 Å².